The molecule has 0 unspecified atom stereocenters. The molecule has 5 heteroatoms. The third-order valence-electron chi connectivity index (χ3n) is 3.60. The van der Waals surface area contributed by atoms with Crippen molar-refractivity contribution in [1.29, 1.82) is 0 Å². The zero-order valence-corrected chi connectivity index (χ0v) is 10.9. The van der Waals surface area contributed by atoms with E-state index in [-0.39, 0.29) is 5.97 Å². The molecule has 1 saturated carbocycles. The summed E-state index contributed by atoms with van der Waals surface area (Å²) in [4.78, 5) is 16.0. The van der Waals surface area contributed by atoms with Gasteiger partial charge in [0.2, 0.25) is 0 Å². The highest BCUT2D eigenvalue weighted by molar-refractivity contribution is 5.89. The lowest BCUT2D eigenvalue weighted by molar-refractivity contribution is 0.0600. The van der Waals surface area contributed by atoms with Gasteiger partial charge in [-0.25, -0.2) is 9.78 Å². The number of carbonyl (C=O) groups is 1. The van der Waals surface area contributed by atoms with Crippen molar-refractivity contribution in [1.82, 2.24) is 14.7 Å². The first-order valence-corrected chi connectivity index (χ1v) is 6.55. The molecule has 0 bridgehead atoms. The van der Waals surface area contributed by atoms with Crippen LogP contribution in [0.15, 0.2) is 24.5 Å². The molecule has 0 radical (unpaired) electrons. The molecule has 1 aliphatic carbocycles. The molecular weight excluding hydrogens is 242 g/mol. The zero-order valence-electron chi connectivity index (χ0n) is 10.9. The van der Waals surface area contributed by atoms with E-state index in [0.717, 1.165) is 17.9 Å². The van der Waals surface area contributed by atoms with Gasteiger partial charge in [0.25, 0.3) is 0 Å². The van der Waals surface area contributed by atoms with Crippen molar-refractivity contribution in [2.45, 2.75) is 31.8 Å². The van der Waals surface area contributed by atoms with Gasteiger partial charge in [0.1, 0.15) is 5.65 Å². The van der Waals surface area contributed by atoms with Gasteiger partial charge in [-0.15, -0.1) is 0 Å². The first-order chi connectivity index (χ1) is 9.26. The summed E-state index contributed by atoms with van der Waals surface area (Å²) in [6, 6.07) is 4.21. The van der Waals surface area contributed by atoms with E-state index in [4.69, 9.17) is 4.74 Å². The minimum atomic E-state index is -0.329. The highest BCUT2D eigenvalue weighted by Gasteiger charge is 2.16. The quantitative estimate of drug-likeness (QED) is 0.850. The maximum atomic E-state index is 11.5. The molecule has 1 aliphatic rings. The summed E-state index contributed by atoms with van der Waals surface area (Å²) < 4.78 is 6.57. The number of fused-ring (bicyclic) bond motifs is 1. The van der Waals surface area contributed by atoms with Crippen LogP contribution >= 0.6 is 0 Å². The molecule has 0 amide bonds. The van der Waals surface area contributed by atoms with Crippen LogP contribution in [-0.2, 0) is 11.3 Å². The maximum Gasteiger partial charge on any atom is 0.339 e. The van der Waals surface area contributed by atoms with E-state index in [9.17, 15) is 4.79 Å². The number of nitrogens with one attached hydrogen (secondary N) is 1. The number of hydrogen-bond acceptors (Lipinski definition) is 4. The van der Waals surface area contributed by atoms with Gasteiger partial charge in [0.05, 0.1) is 18.4 Å². The lowest BCUT2D eigenvalue weighted by atomic mass is 9.93. The number of carbonyl (C=O) groups excluding carboxylic acids is 1. The van der Waals surface area contributed by atoms with Crippen molar-refractivity contribution >= 4 is 11.6 Å². The summed E-state index contributed by atoms with van der Waals surface area (Å²) in [5.74, 6) is -0.329. The van der Waals surface area contributed by atoms with E-state index in [1.54, 1.807) is 12.3 Å². The molecule has 1 fully saturated rings. The highest BCUT2D eigenvalue weighted by atomic mass is 16.5. The Morgan fingerprint density at radius 2 is 2.32 bits per heavy atom. The molecule has 100 valence electrons. The first-order valence-electron chi connectivity index (χ1n) is 6.55. The number of hydrogen-bond donors (Lipinski definition) is 1. The fourth-order valence-electron chi connectivity index (χ4n) is 2.23. The minimum Gasteiger partial charge on any atom is -0.465 e. The van der Waals surface area contributed by atoms with Gasteiger partial charge in [-0.05, 0) is 25.0 Å². The summed E-state index contributed by atoms with van der Waals surface area (Å²) in [6.07, 6.45) is 7.56. The fourth-order valence-corrected chi connectivity index (χ4v) is 2.23. The Bertz CT molecular complexity index is 602. The van der Waals surface area contributed by atoms with Crippen LogP contribution in [-0.4, -0.2) is 28.5 Å². The number of rotatable bonds is 4. The summed E-state index contributed by atoms with van der Waals surface area (Å²) in [6.45, 7) is 0.778. The summed E-state index contributed by atoms with van der Waals surface area (Å²) >= 11 is 0. The van der Waals surface area contributed by atoms with Crippen molar-refractivity contribution in [2.24, 2.45) is 0 Å². The molecule has 3 rings (SSSR count). The van der Waals surface area contributed by atoms with Crippen molar-refractivity contribution in [3.8, 4) is 0 Å². The lowest BCUT2D eigenvalue weighted by Gasteiger charge is -2.26. The van der Waals surface area contributed by atoms with Crippen LogP contribution in [0.1, 0.15) is 35.3 Å². The lowest BCUT2D eigenvalue weighted by Crippen LogP contribution is -2.34. The average Bonchev–Trinajstić information content (AvgIpc) is 2.77. The molecule has 0 atom stereocenters. The van der Waals surface area contributed by atoms with E-state index < -0.39 is 0 Å². The summed E-state index contributed by atoms with van der Waals surface area (Å²) in [5.41, 5.74) is 2.37. The monoisotopic (exact) mass is 259 g/mol. The van der Waals surface area contributed by atoms with Crippen LogP contribution in [0, 0.1) is 0 Å². The molecule has 0 aromatic carbocycles. The number of ether oxygens (including phenoxy) is 1. The third-order valence-corrected chi connectivity index (χ3v) is 3.60. The number of aromatic nitrogens is 2. The number of nitrogens with zero attached hydrogens (tertiary/aromatic N) is 2. The Balaban J connectivity index is 1.77. The number of pyridine rings is 1. The second kappa shape index (κ2) is 5.01. The van der Waals surface area contributed by atoms with Gasteiger partial charge in [0, 0.05) is 25.0 Å². The largest absolute Gasteiger partial charge is 0.465 e. The standard InChI is InChI=1S/C14H17N3O2/c1-19-14(18)10-5-6-13-16-12(9-17(13)8-10)7-15-11-3-2-4-11/h5-6,8-9,11,15H,2-4,7H2,1H3. The van der Waals surface area contributed by atoms with Crippen LogP contribution in [0.4, 0.5) is 0 Å². The Kier molecular flexibility index (Phi) is 3.21. The second-order valence-corrected chi connectivity index (χ2v) is 4.92. The van der Waals surface area contributed by atoms with E-state index in [0.29, 0.717) is 11.6 Å². The van der Waals surface area contributed by atoms with Gasteiger partial charge in [-0.2, -0.15) is 0 Å². The van der Waals surface area contributed by atoms with Gasteiger partial charge >= 0.3 is 5.97 Å². The molecule has 0 saturated heterocycles. The molecule has 0 aliphatic heterocycles. The molecule has 0 spiro atoms. The van der Waals surface area contributed by atoms with Crippen molar-refractivity contribution < 1.29 is 9.53 Å². The number of methoxy groups -OCH3 is 1. The van der Waals surface area contributed by atoms with Crippen molar-refractivity contribution in [3.05, 3.63) is 35.8 Å². The molecule has 19 heavy (non-hydrogen) atoms. The average molecular weight is 259 g/mol. The smallest absolute Gasteiger partial charge is 0.339 e. The molecule has 2 heterocycles. The Morgan fingerprint density at radius 1 is 1.47 bits per heavy atom. The van der Waals surface area contributed by atoms with Crippen LogP contribution in [0.5, 0.6) is 0 Å². The SMILES string of the molecule is COC(=O)c1ccc2nc(CNC3CCC3)cn2c1. The van der Waals surface area contributed by atoms with Crippen molar-refractivity contribution in [2.75, 3.05) is 7.11 Å². The van der Waals surface area contributed by atoms with E-state index in [1.165, 1.54) is 26.4 Å². The van der Waals surface area contributed by atoms with Crippen LogP contribution in [0.3, 0.4) is 0 Å². The highest BCUT2D eigenvalue weighted by Crippen LogP contribution is 2.18. The first kappa shape index (κ1) is 12.2. The minimum absolute atomic E-state index is 0.329. The van der Waals surface area contributed by atoms with Gasteiger partial charge < -0.3 is 14.5 Å². The Morgan fingerprint density at radius 3 is 3.00 bits per heavy atom. The second-order valence-electron chi connectivity index (χ2n) is 4.92. The van der Waals surface area contributed by atoms with Crippen LogP contribution in [0.2, 0.25) is 0 Å². The van der Waals surface area contributed by atoms with E-state index in [1.807, 2.05) is 16.7 Å². The Labute approximate surface area is 111 Å². The van der Waals surface area contributed by atoms with Crippen LogP contribution < -0.4 is 5.32 Å². The van der Waals surface area contributed by atoms with Gasteiger partial charge in [-0.1, -0.05) is 6.42 Å². The van der Waals surface area contributed by atoms with Crippen molar-refractivity contribution in [3.63, 3.8) is 0 Å². The van der Waals surface area contributed by atoms with E-state index in [2.05, 4.69) is 10.3 Å². The molecule has 2 aromatic rings. The third kappa shape index (κ3) is 2.46. The Hall–Kier alpha value is -1.88. The summed E-state index contributed by atoms with van der Waals surface area (Å²) in [5, 5.41) is 3.48. The van der Waals surface area contributed by atoms with Gasteiger partial charge in [-0.3, -0.25) is 0 Å². The number of imidazole rings is 1. The zero-order chi connectivity index (χ0) is 13.2. The fraction of sp³-hybridized carbons (Fsp3) is 0.429. The predicted molar refractivity (Wildman–Crippen MR) is 71.0 cm³/mol. The summed E-state index contributed by atoms with van der Waals surface area (Å²) in [7, 11) is 1.38. The topological polar surface area (TPSA) is 55.6 Å². The van der Waals surface area contributed by atoms with E-state index >= 15 is 0 Å². The molecule has 5 nitrogen and oxygen atoms in total. The molecular formula is C14H17N3O2. The number of esters is 1. The normalized spacial score (nSPS) is 15.4. The maximum absolute atomic E-state index is 11.5. The van der Waals surface area contributed by atoms with Crippen LogP contribution in [0.25, 0.3) is 5.65 Å². The van der Waals surface area contributed by atoms with Gasteiger partial charge in [0.15, 0.2) is 0 Å². The predicted octanol–water partition coefficient (Wildman–Crippen LogP) is 1.76. The molecule has 2 aromatic heterocycles. The molecule has 1 N–H and O–H groups in total.